The van der Waals surface area contributed by atoms with Crippen molar-refractivity contribution < 1.29 is 13.9 Å². The lowest BCUT2D eigenvalue weighted by Gasteiger charge is -2.58. The zero-order valence-corrected chi connectivity index (χ0v) is 16.1. The van der Waals surface area contributed by atoms with Crippen LogP contribution in [0.15, 0.2) is 18.2 Å². The number of aryl methyl sites for hydroxylation is 1. The molecular weight excluding hydrogens is 331 g/mol. The minimum absolute atomic E-state index is 0.0199. The zero-order valence-electron chi connectivity index (χ0n) is 16.1. The average molecular weight is 360 g/mol. The van der Waals surface area contributed by atoms with Crippen molar-refractivity contribution in [3.8, 4) is 0 Å². The first-order valence-electron chi connectivity index (χ1n) is 9.66. The van der Waals surface area contributed by atoms with Crippen LogP contribution in [0.3, 0.4) is 0 Å². The van der Waals surface area contributed by atoms with E-state index in [-0.39, 0.29) is 22.6 Å². The number of hydrogen-bond acceptors (Lipinski definition) is 3. The van der Waals surface area contributed by atoms with Gasteiger partial charge in [0.15, 0.2) is 0 Å². The molecule has 3 fully saturated rings. The van der Waals surface area contributed by atoms with Crippen LogP contribution in [0.2, 0.25) is 0 Å². The second-order valence-corrected chi connectivity index (χ2v) is 9.11. The van der Waals surface area contributed by atoms with Gasteiger partial charge in [0.05, 0.1) is 13.2 Å². The molecule has 4 nitrogen and oxygen atoms in total. The molecule has 1 saturated carbocycles. The van der Waals surface area contributed by atoms with E-state index in [1.165, 1.54) is 12.1 Å². The molecule has 0 spiro atoms. The molecule has 142 valence electrons. The van der Waals surface area contributed by atoms with E-state index < -0.39 is 0 Å². The molecule has 1 aromatic carbocycles. The van der Waals surface area contributed by atoms with E-state index in [1.54, 1.807) is 6.07 Å². The first-order valence-corrected chi connectivity index (χ1v) is 9.66. The Hall–Kier alpha value is -1.46. The molecule has 1 aromatic rings. The molecule has 1 aliphatic carbocycles. The highest BCUT2D eigenvalue weighted by Gasteiger charge is 2.63. The summed E-state index contributed by atoms with van der Waals surface area (Å²) in [5.41, 5.74) is 1.79. The fourth-order valence-electron chi connectivity index (χ4n) is 5.69. The molecular formula is C21H29FN2O2. The lowest BCUT2D eigenvalue weighted by atomic mass is 9.48. The number of hydrogen-bond donors (Lipinski definition) is 0. The smallest absolute Gasteiger partial charge is 0.254 e. The van der Waals surface area contributed by atoms with Crippen LogP contribution in [-0.2, 0) is 4.74 Å². The summed E-state index contributed by atoms with van der Waals surface area (Å²) in [5, 5.41) is 0. The molecule has 2 saturated heterocycles. The van der Waals surface area contributed by atoms with E-state index in [9.17, 15) is 9.18 Å². The molecule has 1 amide bonds. The van der Waals surface area contributed by atoms with Crippen molar-refractivity contribution in [3.05, 3.63) is 35.1 Å². The van der Waals surface area contributed by atoms with E-state index in [2.05, 4.69) is 18.7 Å². The lowest BCUT2D eigenvalue weighted by Crippen LogP contribution is -2.59. The Bertz CT molecular complexity index is 714. The summed E-state index contributed by atoms with van der Waals surface area (Å²) >= 11 is 0. The second-order valence-electron chi connectivity index (χ2n) is 9.11. The Morgan fingerprint density at radius 3 is 2.73 bits per heavy atom. The summed E-state index contributed by atoms with van der Waals surface area (Å²) in [6.07, 6.45) is 1.15. The van der Waals surface area contributed by atoms with Gasteiger partial charge in [0.1, 0.15) is 5.82 Å². The molecule has 26 heavy (non-hydrogen) atoms. The van der Waals surface area contributed by atoms with Crippen LogP contribution >= 0.6 is 0 Å². The van der Waals surface area contributed by atoms with Crippen LogP contribution in [0.25, 0.3) is 0 Å². The molecule has 4 rings (SSSR count). The number of halogens is 1. The number of nitrogens with zero attached hydrogens (tertiary/aromatic N) is 2. The third kappa shape index (κ3) is 2.95. The summed E-state index contributed by atoms with van der Waals surface area (Å²) in [6.45, 7) is 12.7. The van der Waals surface area contributed by atoms with Gasteiger partial charge < -0.3 is 9.64 Å². The average Bonchev–Trinajstić information content (AvgIpc) is 2.92. The summed E-state index contributed by atoms with van der Waals surface area (Å²) in [6, 6.07) is 4.50. The molecule has 0 radical (unpaired) electrons. The van der Waals surface area contributed by atoms with Gasteiger partial charge in [-0.15, -0.1) is 0 Å². The van der Waals surface area contributed by atoms with Crippen LogP contribution in [0.5, 0.6) is 0 Å². The number of ether oxygens (including phenoxy) is 1. The van der Waals surface area contributed by atoms with Gasteiger partial charge in [-0.3, -0.25) is 9.69 Å². The maximum absolute atomic E-state index is 13.7. The van der Waals surface area contributed by atoms with Crippen molar-refractivity contribution in [2.75, 3.05) is 45.9 Å². The van der Waals surface area contributed by atoms with E-state index in [0.717, 1.165) is 57.9 Å². The normalized spacial score (nSPS) is 30.8. The Labute approximate surface area is 155 Å². The van der Waals surface area contributed by atoms with Crippen LogP contribution in [0, 0.1) is 29.5 Å². The number of carbonyl (C=O) groups excluding carboxylic acids is 1. The van der Waals surface area contributed by atoms with Crippen molar-refractivity contribution in [3.63, 3.8) is 0 Å². The van der Waals surface area contributed by atoms with Gasteiger partial charge in [-0.25, -0.2) is 4.39 Å². The van der Waals surface area contributed by atoms with Gasteiger partial charge >= 0.3 is 0 Å². The van der Waals surface area contributed by atoms with Crippen molar-refractivity contribution in [1.82, 2.24) is 9.80 Å². The highest BCUT2D eigenvalue weighted by atomic mass is 19.1. The van der Waals surface area contributed by atoms with Crippen molar-refractivity contribution in [1.29, 1.82) is 0 Å². The number of rotatable bonds is 3. The SMILES string of the molecule is Cc1ccc(F)cc1C(=O)N1C[C@@H]2C(C)(C)C[C@]2(CN2CCOCC2)C1. The molecule has 0 aromatic heterocycles. The number of morpholine rings is 1. The number of fused-ring (bicyclic) bond motifs is 1. The van der Waals surface area contributed by atoms with E-state index in [0.29, 0.717) is 11.5 Å². The molecule has 2 aliphatic heterocycles. The molecule has 0 unspecified atom stereocenters. The predicted octanol–water partition coefficient (Wildman–Crippen LogP) is 2.95. The number of likely N-dealkylation sites (tertiary alicyclic amines) is 1. The second kappa shape index (κ2) is 6.31. The fourth-order valence-corrected chi connectivity index (χ4v) is 5.69. The zero-order chi connectivity index (χ0) is 18.5. The summed E-state index contributed by atoms with van der Waals surface area (Å²) in [5.74, 6) is 0.147. The maximum atomic E-state index is 13.7. The maximum Gasteiger partial charge on any atom is 0.254 e. The Morgan fingerprint density at radius 1 is 1.31 bits per heavy atom. The van der Waals surface area contributed by atoms with Gasteiger partial charge in [0, 0.05) is 43.7 Å². The molecule has 0 bridgehead atoms. The molecule has 0 N–H and O–H groups in total. The largest absolute Gasteiger partial charge is 0.379 e. The standard InChI is InChI=1S/C21H29FN2O2/c1-15-4-5-16(22)10-17(15)19(25)24-11-18-20(2,3)12-21(18,14-24)13-23-6-8-26-9-7-23/h4-5,10,18H,6-9,11-14H2,1-3H3/t18-,21+/m1/s1. The van der Waals surface area contributed by atoms with Gasteiger partial charge in [-0.2, -0.15) is 0 Å². The van der Waals surface area contributed by atoms with Crippen molar-refractivity contribution >= 4 is 5.91 Å². The van der Waals surface area contributed by atoms with Crippen LogP contribution in [0.4, 0.5) is 4.39 Å². The van der Waals surface area contributed by atoms with Gasteiger partial charge in [0.2, 0.25) is 0 Å². The van der Waals surface area contributed by atoms with E-state index >= 15 is 0 Å². The number of benzene rings is 1. The van der Waals surface area contributed by atoms with Crippen LogP contribution in [-0.4, -0.2) is 61.6 Å². The minimum Gasteiger partial charge on any atom is -0.379 e. The Kier molecular flexibility index (Phi) is 4.35. The monoisotopic (exact) mass is 360 g/mol. The molecule has 2 heterocycles. The molecule has 2 atom stereocenters. The minimum atomic E-state index is -0.343. The first-order chi connectivity index (χ1) is 12.3. The van der Waals surface area contributed by atoms with Crippen molar-refractivity contribution in [2.45, 2.75) is 27.2 Å². The summed E-state index contributed by atoms with van der Waals surface area (Å²) < 4.78 is 19.2. The third-order valence-corrected chi connectivity index (χ3v) is 6.76. The van der Waals surface area contributed by atoms with Crippen LogP contribution in [0.1, 0.15) is 36.2 Å². The lowest BCUT2D eigenvalue weighted by molar-refractivity contribution is -0.0966. The third-order valence-electron chi connectivity index (χ3n) is 6.76. The van der Waals surface area contributed by atoms with E-state index in [4.69, 9.17) is 4.74 Å². The Morgan fingerprint density at radius 2 is 2.04 bits per heavy atom. The van der Waals surface area contributed by atoms with Crippen molar-refractivity contribution in [2.24, 2.45) is 16.7 Å². The Balaban J connectivity index is 1.54. The summed E-state index contributed by atoms with van der Waals surface area (Å²) in [7, 11) is 0. The molecule has 5 heteroatoms. The fraction of sp³-hybridized carbons (Fsp3) is 0.667. The van der Waals surface area contributed by atoms with Gasteiger partial charge in [-0.05, 0) is 42.4 Å². The van der Waals surface area contributed by atoms with Crippen LogP contribution < -0.4 is 0 Å². The first kappa shape index (κ1) is 17.9. The van der Waals surface area contributed by atoms with Gasteiger partial charge in [0.25, 0.3) is 5.91 Å². The molecule has 3 aliphatic rings. The van der Waals surface area contributed by atoms with E-state index in [1.807, 2.05) is 11.8 Å². The number of carbonyl (C=O) groups is 1. The predicted molar refractivity (Wildman–Crippen MR) is 98.6 cm³/mol. The summed E-state index contributed by atoms with van der Waals surface area (Å²) in [4.78, 5) is 17.6. The van der Waals surface area contributed by atoms with Gasteiger partial charge in [-0.1, -0.05) is 19.9 Å². The highest BCUT2D eigenvalue weighted by Crippen LogP contribution is 2.63. The number of amides is 1. The topological polar surface area (TPSA) is 32.8 Å². The highest BCUT2D eigenvalue weighted by molar-refractivity contribution is 5.96. The quantitative estimate of drug-likeness (QED) is 0.831.